The van der Waals surface area contributed by atoms with E-state index in [0.29, 0.717) is 45.0 Å². The molecule has 2 aromatic carbocycles. The number of nitrogens with one attached hydrogen (secondary N) is 2. The van der Waals surface area contributed by atoms with Crippen molar-refractivity contribution in [3.05, 3.63) is 65.6 Å². The van der Waals surface area contributed by atoms with Gasteiger partial charge < -0.3 is 19.9 Å². The molecule has 0 saturated heterocycles. The maximum atomic E-state index is 13.3. The maximum Gasteiger partial charge on any atom is 0.265 e. The first-order valence-electron chi connectivity index (χ1n) is 9.85. The summed E-state index contributed by atoms with van der Waals surface area (Å²) in [5, 5.41) is 9.99. The van der Waals surface area contributed by atoms with E-state index in [-0.39, 0.29) is 17.4 Å². The molecule has 1 aliphatic rings. The Labute approximate surface area is 181 Å². The molecule has 2 aromatic heterocycles. The fourth-order valence-corrected chi connectivity index (χ4v) is 3.53. The van der Waals surface area contributed by atoms with E-state index in [1.807, 2.05) is 0 Å². The Balaban J connectivity index is 1.52. The highest BCUT2D eigenvalue weighted by Crippen LogP contribution is 2.33. The van der Waals surface area contributed by atoms with E-state index in [0.717, 1.165) is 0 Å². The van der Waals surface area contributed by atoms with Gasteiger partial charge in [0.1, 0.15) is 11.6 Å². The van der Waals surface area contributed by atoms with Crippen LogP contribution in [0.15, 0.2) is 53.1 Å². The number of hydrogen-bond donors (Lipinski definition) is 2. The van der Waals surface area contributed by atoms with E-state index in [2.05, 4.69) is 20.8 Å². The summed E-state index contributed by atoms with van der Waals surface area (Å²) >= 11 is 0. The van der Waals surface area contributed by atoms with Gasteiger partial charge in [0, 0.05) is 11.3 Å². The summed E-state index contributed by atoms with van der Waals surface area (Å²) in [5.74, 6) is -0.527. The number of ether oxygens (including phenoxy) is 1. The number of nitrogens with zero attached hydrogens (tertiary/aromatic N) is 2. The summed E-state index contributed by atoms with van der Waals surface area (Å²) in [6.07, 6.45) is -0.588. The second-order valence-corrected chi connectivity index (χ2v) is 7.42. The second kappa shape index (κ2) is 7.45. The number of rotatable bonds is 3. The van der Waals surface area contributed by atoms with Crippen molar-refractivity contribution in [2.45, 2.75) is 20.0 Å². The molecule has 32 heavy (non-hydrogen) atoms. The topological polar surface area (TPSA) is 106 Å². The third-order valence-electron chi connectivity index (χ3n) is 5.17. The molecule has 2 amide bonds. The molecule has 9 heteroatoms. The molecule has 0 bridgehead atoms. The van der Waals surface area contributed by atoms with Crippen molar-refractivity contribution in [1.29, 1.82) is 0 Å². The van der Waals surface area contributed by atoms with Gasteiger partial charge in [-0.1, -0.05) is 5.16 Å². The van der Waals surface area contributed by atoms with Gasteiger partial charge in [0.25, 0.3) is 17.5 Å². The Bertz CT molecular complexity index is 1380. The van der Waals surface area contributed by atoms with E-state index >= 15 is 0 Å². The largest absolute Gasteiger partial charge is 0.479 e. The van der Waals surface area contributed by atoms with Crippen LogP contribution < -0.4 is 15.4 Å². The number of benzene rings is 2. The summed E-state index contributed by atoms with van der Waals surface area (Å²) in [7, 11) is 0. The van der Waals surface area contributed by atoms with Gasteiger partial charge in [-0.25, -0.2) is 9.37 Å². The summed E-state index contributed by atoms with van der Waals surface area (Å²) < 4.78 is 24.2. The predicted molar refractivity (Wildman–Crippen MR) is 115 cm³/mol. The number of halogens is 1. The normalized spacial score (nSPS) is 15.1. The Morgan fingerprint density at radius 2 is 1.94 bits per heavy atom. The number of anilines is 2. The van der Waals surface area contributed by atoms with Gasteiger partial charge in [-0.15, -0.1) is 0 Å². The van der Waals surface area contributed by atoms with Crippen molar-refractivity contribution in [2.24, 2.45) is 0 Å². The van der Waals surface area contributed by atoms with E-state index in [1.165, 1.54) is 12.1 Å². The highest BCUT2D eigenvalue weighted by Gasteiger charge is 2.24. The predicted octanol–water partition coefficient (Wildman–Crippen LogP) is 4.31. The summed E-state index contributed by atoms with van der Waals surface area (Å²) in [5.41, 5.74) is 3.03. The third kappa shape index (κ3) is 3.43. The monoisotopic (exact) mass is 432 g/mol. The number of hydrogen-bond acceptors (Lipinski definition) is 6. The molecule has 0 spiro atoms. The average Bonchev–Trinajstić information content (AvgIpc) is 3.15. The molecule has 0 unspecified atom stereocenters. The van der Waals surface area contributed by atoms with Crippen LogP contribution in [0.3, 0.4) is 0 Å². The van der Waals surface area contributed by atoms with Crippen LogP contribution in [0.5, 0.6) is 5.75 Å². The lowest BCUT2D eigenvalue weighted by Crippen LogP contribution is -2.34. The van der Waals surface area contributed by atoms with Gasteiger partial charge in [0.15, 0.2) is 6.10 Å². The van der Waals surface area contributed by atoms with Gasteiger partial charge in [-0.2, -0.15) is 0 Å². The van der Waals surface area contributed by atoms with Gasteiger partial charge in [-0.05, 0) is 62.4 Å². The van der Waals surface area contributed by atoms with Crippen LogP contribution in [-0.2, 0) is 4.79 Å². The highest BCUT2D eigenvalue weighted by atomic mass is 19.1. The van der Waals surface area contributed by atoms with Gasteiger partial charge in [-0.3, -0.25) is 9.59 Å². The minimum absolute atomic E-state index is 0.203. The first kappa shape index (κ1) is 19.7. The minimum atomic E-state index is -0.588. The lowest BCUT2D eigenvalue weighted by Gasteiger charge is -2.23. The second-order valence-electron chi connectivity index (χ2n) is 7.42. The van der Waals surface area contributed by atoms with Crippen molar-refractivity contribution >= 4 is 34.3 Å². The quantitative estimate of drug-likeness (QED) is 0.500. The molecule has 2 N–H and O–H groups in total. The van der Waals surface area contributed by atoms with Crippen molar-refractivity contribution in [3.8, 4) is 17.0 Å². The smallest absolute Gasteiger partial charge is 0.265 e. The van der Waals surface area contributed by atoms with Crippen LogP contribution in [0.2, 0.25) is 0 Å². The lowest BCUT2D eigenvalue weighted by atomic mass is 10.0. The molecule has 1 atom stereocenters. The van der Waals surface area contributed by atoms with Gasteiger partial charge in [0.05, 0.1) is 28.0 Å². The molecule has 0 radical (unpaired) electrons. The number of aryl methyl sites for hydroxylation is 1. The Morgan fingerprint density at radius 3 is 2.72 bits per heavy atom. The average molecular weight is 432 g/mol. The molecule has 4 aromatic rings. The Hall–Kier alpha value is -4.27. The highest BCUT2D eigenvalue weighted by molar-refractivity contribution is 6.13. The Morgan fingerprint density at radius 1 is 1.16 bits per heavy atom. The van der Waals surface area contributed by atoms with E-state index < -0.39 is 12.0 Å². The standard InChI is InChI=1S/C23H17FN4O4/c1-11-20-16(10-17(27-23(20)32-28-11)13-3-5-14(24)6-4-13)22(30)25-15-7-8-19-18(9-15)26-21(29)12(2)31-19/h3-10,12H,1-2H3,(H,25,30)(H,26,29)/t12-/m0/s1. The molecule has 0 saturated carbocycles. The molecule has 8 nitrogen and oxygen atoms in total. The number of amides is 2. The number of pyridine rings is 1. The fraction of sp³-hybridized carbons (Fsp3) is 0.130. The van der Waals surface area contributed by atoms with Crippen LogP contribution in [0.4, 0.5) is 15.8 Å². The maximum absolute atomic E-state index is 13.3. The summed E-state index contributed by atoms with van der Waals surface area (Å²) in [4.78, 5) is 29.5. The van der Waals surface area contributed by atoms with E-state index in [1.54, 1.807) is 50.2 Å². The molecule has 0 fully saturated rings. The van der Waals surface area contributed by atoms with Gasteiger partial charge >= 0.3 is 0 Å². The zero-order valence-electron chi connectivity index (χ0n) is 17.1. The zero-order valence-corrected chi connectivity index (χ0v) is 17.1. The molecule has 0 aliphatic carbocycles. The molecule has 1 aliphatic heterocycles. The van der Waals surface area contributed by atoms with Gasteiger partial charge in [0.2, 0.25) is 0 Å². The number of carbonyl (C=O) groups is 2. The van der Waals surface area contributed by atoms with Crippen molar-refractivity contribution in [3.63, 3.8) is 0 Å². The van der Waals surface area contributed by atoms with E-state index in [9.17, 15) is 14.0 Å². The van der Waals surface area contributed by atoms with Crippen LogP contribution in [0, 0.1) is 12.7 Å². The SMILES string of the molecule is Cc1noc2nc(-c3ccc(F)cc3)cc(C(=O)Nc3ccc4c(c3)NC(=O)[C@H](C)O4)c12. The fourth-order valence-electron chi connectivity index (χ4n) is 3.53. The van der Waals surface area contributed by atoms with Crippen molar-refractivity contribution in [1.82, 2.24) is 10.1 Å². The number of aromatic nitrogens is 2. The molecule has 3 heterocycles. The van der Waals surface area contributed by atoms with Crippen LogP contribution in [0.1, 0.15) is 23.0 Å². The first-order valence-corrected chi connectivity index (χ1v) is 9.85. The molecular weight excluding hydrogens is 415 g/mol. The van der Waals surface area contributed by atoms with Crippen molar-refractivity contribution < 1.29 is 23.2 Å². The minimum Gasteiger partial charge on any atom is -0.479 e. The first-order chi connectivity index (χ1) is 15.4. The Kier molecular flexibility index (Phi) is 4.58. The zero-order chi connectivity index (χ0) is 22.4. The third-order valence-corrected chi connectivity index (χ3v) is 5.17. The number of fused-ring (bicyclic) bond motifs is 2. The molecule has 160 valence electrons. The lowest BCUT2D eigenvalue weighted by molar-refractivity contribution is -0.122. The van der Waals surface area contributed by atoms with Crippen molar-refractivity contribution in [2.75, 3.05) is 10.6 Å². The number of carbonyl (C=O) groups excluding carboxylic acids is 2. The van der Waals surface area contributed by atoms with Crippen LogP contribution >= 0.6 is 0 Å². The van der Waals surface area contributed by atoms with E-state index in [4.69, 9.17) is 9.26 Å². The molecular formula is C23H17FN4O4. The summed E-state index contributed by atoms with van der Waals surface area (Å²) in [6.45, 7) is 3.37. The molecule has 5 rings (SSSR count). The van der Waals surface area contributed by atoms with Crippen LogP contribution in [0.25, 0.3) is 22.4 Å². The summed E-state index contributed by atoms with van der Waals surface area (Å²) in [6, 6.07) is 12.4. The van der Waals surface area contributed by atoms with Crippen LogP contribution in [-0.4, -0.2) is 28.1 Å².